The molecule has 3 aromatic heterocycles. The molecule has 0 atom stereocenters. The highest BCUT2D eigenvalue weighted by molar-refractivity contribution is 5.97. The Bertz CT molecular complexity index is 2400. The first kappa shape index (κ1) is 34.4. The van der Waals surface area contributed by atoms with Crippen LogP contribution in [0.25, 0.3) is 38.5 Å². The Morgan fingerprint density at radius 2 is 1.77 bits per heavy atom. The molecule has 1 N–H and O–H groups in total. The molecule has 1 aliphatic heterocycles. The summed E-state index contributed by atoms with van der Waals surface area (Å²) in [7, 11) is 0. The Kier molecular flexibility index (Phi) is 9.24. The highest BCUT2D eigenvalue weighted by Crippen LogP contribution is 2.35. The predicted molar refractivity (Wildman–Crippen MR) is 196 cm³/mol. The SMILES string of the molecule is CC(=O)OCc1c(-c2cc(Nc3ccc(C(=O)N4CCOCC4)cn3)c3ncccc3c2)cccc1-n1ncc2cc(C(C)(C)C)cc(F)c2c1=O. The highest BCUT2D eigenvalue weighted by atomic mass is 19.1. The van der Waals surface area contributed by atoms with E-state index in [0.717, 1.165) is 21.2 Å². The van der Waals surface area contributed by atoms with Crippen LogP contribution in [0.2, 0.25) is 0 Å². The molecule has 0 aliphatic carbocycles. The maximum absolute atomic E-state index is 15.6. The molecular formula is C40H37FN6O5. The average Bonchev–Trinajstić information content (AvgIpc) is 3.14. The minimum atomic E-state index is -0.636. The van der Waals surface area contributed by atoms with Crippen LogP contribution in [0.1, 0.15) is 49.2 Å². The number of nitrogens with zero attached hydrogens (tertiary/aromatic N) is 5. The molecular weight excluding hydrogens is 663 g/mol. The number of anilines is 2. The van der Waals surface area contributed by atoms with Crippen molar-refractivity contribution >= 4 is 45.1 Å². The molecule has 1 amide bonds. The van der Waals surface area contributed by atoms with Crippen LogP contribution in [0.3, 0.4) is 0 Å². The monoisotopic (exact) mass is 700 g/mol. The van der Waals surface area contributed by atoms with E-state index in [-0.39, 0.29) is 23.3 Å². The fourth-order valence-corrected chi connectivity index (χ4v) is 6.33. The number of carbonyl (C=O) groups excluding carboxylic acids is 2. The minimum Gasteiger partial charge on any atom is -0.461 e. The number of nitrogens with one attached hydrogen (secondary N) is 1. The highest BCUT2D eigenvalue weighted by Gasteiger charge is 2.22. The molecule has 52 heavy (non-hydrogen) atoms. The summed E-state index contributed by atoms with van der Waals surface area (Å²) in [6, 6.07) is 19.6. The van der Waals surface area contributed by atoms with Gasteiger partial charge in [-0.1, -0.05) is 39.0 Å². The molecule has 3 aromatic carbocycles. The van der Waals surface area contributed by atoms with Gasteiger partial charge < -0.3 is 19.7 Å². The number of pyridine rings is 2. The largest absolute Gasteiger partial charge is 0.461 e. The van der Waals surface area contributed by atoms with Gasteiger partial charge in [0.25, 0.3) is 11.5 Å². The van der Waals surface area contributed by atoms with Crippen molar-refractivity contribution in [2.45, 2.75) is 39.7 Å². The standard InChI is InChI=1S/C40H37FN6O5/c1-24(48)52-23-31-30(8-5-9-34(31)47-39(50)36-28(22-44-47)18-29(20-32(36)41)40(2,3)4)27-17-25-7-6-12-42-37(25)33(19-27)45-35-11-10-26(21-43-35)38(49)46-13-15-51-16-14-46/h5-12,17-22H,13-16,23H2,1-4H3,(H,43,45). The third-order valence-electron chi connectivity index (χ3n) is 9.09. The van der Waals surface area contributed by atoms with Gasteiger partial charge in [0.15, 0.2) is 0 Å². The van der Waals surface area contributed by atoms with Crippen LogP contribution in [-0.4, -0.2) is 62.8 Å². The number of morpholine rings is 1. The normalized spacial score (nSPS) is 13.4. The van der Waals surface area contributed by atoms with Crippen molar-refractivity contribution < 1.29 is 23.5 Å². The summed E-state index contributed by atoms with van der Waals surface area (Å²) in [5, 5.41) is 8.95. The topological polar surface area (TPSA) is 129 Å². The van der Waals surface area contributed by atoms with Gasteiger partial charge in [0, 0.05) is 48.7 Å². The van der Waals surface area contributed by atoms with Gasteiger partial charge in [0.1, 0.15) is 18.2 Å². The second-order valence-corrected chi connectivity index (χ2v) is 13.7. The number of rotatable bonds is 7. The summed E-state index contributed by atoms with van der Waals surface area (Å²) in [6.45, 7) is 9.13. The number of amides is 1. The van der Waals surface area contributed by atoms with Crippen molar-refractivity contribution in [3.63, 3.8) is 0 Å². The van der Waals surface area contributed by atoms with Gasteiger partial charge in [-0.3, -0.25) is 19.4 Å². The van der Waals surface area contributed by atoms with Gasteiger partial charge in [0.05, 0.1) is 47.3 Å². The van der Waals surface area contributed by atoms with E-state index in [1.807, 2.05) is 51.1 Å². The minimum absolute atomic E-state index is 0.0831. The van der Waals surface area contributed by atoms with Crippen LogP contribution in [0, 0.1) is 5.82 Å². The van der Waals surface area contributed by atoms with Crippen molar-refractivity contribution in [3.8, 4) is 16.8 Å². The molecule has 1 fully saturated rings. The molecule has 12 heteroatoms. The van der Waals surface area contributed by atoms with Gasteiger partial charge >= 0.3 is 5.97 Å². The molecule has 1 saturated heterocycles. The zero-order valence-corrected chi connectivity index (χ0v) is 29.3. The third kappa shape index (κ3) is 6.84. The molecule has 264 valence electrons. The van der Waals surface area contributed by atoms with Crippen LogP contribution in [0.5, 0.6) is 0 Å². The van der Waals surface area contributed by atoms with E-state index in [2.05, 4.69) is 20.4 Å². The lowest BCUT2D eigenvalue weighted by molar-refractivity contribution is -0.142. The predicted octanol–water partition coefficient (Wildman–Crippen LogP) is 6.71. The lowest BCUT2D eigenvalue weighted by atomic mass is 9.86. The molecule has 0 radical (unpaired) electrons. The first-order valence-electron chi connectivity index (χ1n) is 16.9. The second-order valence-electron chi connectivity index (χ2n) is 13.7. The summed E-state index contributed by atoms with van der Waals surface area (Å²) in [5.74, 6) is -0.743. The Hall–Kier alpha value is -6.01. The Labute approximate surface area is 299 Å². The van der Waals surface area contributed by atoms with Crippen molar-refractivity contribution in [1.82, 2.24) is 24.6 Å². The Morgan fingerprint density at radius 1 is 0.962 bits per heavy atom. The fourth-order valence-electron chi connectivity index (χ4n) is 6.33. The maximum Gasteiger partial charge on any atom is 0.302 e. The molecule has 6 aromatic rings. The smallest absolute Gasteiger partial charge is 0.302 e. The molecule has 4 heterocycles. The number of carbonyl (C=O) groups is 2. The summed E-state index contributed by atoms with van der Waals surface area (Å²) >= 11 is 0. The van der Waals surface area contributed by atoms with E-state index in [0.29, 0.717) is 71.1 Å². The molecule has 11 nitrogen and oxygen atoms in total. The molecule has 7 rings (SSSR count). The number of ether oxygens (including phenoxy) is 2. The Balaban J connectivity index is 1.31. The summed E-state index contributed by atoms with van der Waals surface area (Å²) in [4.78, 5) is 49.9. The lowest BCUT2D eigenvalue weighted by Gasteiger charge is -2.26. The van der Waals surface area contributed by atoms with Crippen molar-refractivity contribution in [3.05, 3.63) is 118 Å². The third-order valence-corrected chi connectivity index (χ3v) is 9.09. The van der Waals surface area contributed by atoms with Gasteiger partial charge in [-0.05, 0) is 70.6 Å². The number of hydrogen-bond donors (Lipinski definition) is 1. The van der Waals surface area contributed by atoms with E-state index in [1.165, 1.54) is 19.2 Å². The fraction of sp³-hybridized carbons (Fsp3) is 0.250. The van der Waals surface area contributed by atoms with E-state index in [4.69, 9.17) is 9.47 Å². The van der Waals surface area contributed by atoms with Gasteiger partial charge in [-0.2, -0.15) is 9.78 Å². The second kappa shape index (κ2) is 14.0. The summed E-state index contributed by atoms with van der Waals surface area (Å²) in [5.41, 5.74) is 3.78. The van der Waals surface area contributed by atoms with Gasteiger partial charge in [-0.15, -0.1) is 0 Å². The number of fused-ring (bicyclic) bond motifs is 2. The van der Waals surface area contributed by atoms with E-state index < -0.39 is 17.3 Å². The van der Waals surface area contributed by atoms with E-state index in [9.17, 15) is 14.4 Å². The molecule has 0 spiro atoms. The zero-order chi connectivity index (χ0) is 36.6. The van der Waals surface area contributed by atoms with Crippen LogP contribution in [0.4, 0.5) is 15.9 Å². The number of esters is 1. The zero-order valence-electron chi connectivity index (χ0n) is 29.3. The first-order valence-corrected chi connectivity index (χ1v) is 16.9. The first-order chi connectivity index (χ1) is 25.0. The van der Waals surface area contributed by atoms with Crippen molar-refractivity contribution in [1.29, 1.82) is 0 Å². The van der Waals surface area contributed by atoms with E-state index in [1.54, 1.807) is 47.6 Å². The van der Waals surface area contributed by atoms with Gasteiger partial charge in [0.2, 0.25) is 0 Å². The van der Waals surface area contributed by atoms with Crippen LogP contribution in [0.15, 0.2) is 90.1 Å². The number of halogens is 1. The van der Waals surface area contributed by atoms with Crippen LogP contribution in [-0.2, 0) is 26.3 Å². The lowest BCUT2D eigenvalue weighted by Crippen LogP contribution is -2.40. The molecule has 0 saturated carbocycles. The summed E-state index contributed by atoms with van der Waals surface area (Å²) in [6.07, 6.45) is 4.72. The number of aromatic nitrogens is 4. The number of benzene rings is 3. The quantitative estimate of drug-likeness (QED) is 0.181. The number of hydrogen-bond acceptors (Lipinski definition) is 9. The van der Waals surface area contributed by atoms with Crippen molar-refractivity contribution in [2.24, 2.45) is 0 Å². The Morgan fingerprint density at radius 3 is 2.50 bits per heavy atom. The van der Waals surface area contributed by atoms with Crippen LogP contribution < -0.4 is 10.9 Å². The molecule has 1 aliphatic rings. The summed E-state index contributed by atoms with van der Waals surface area (Å²) < 4.78 is 27.6. The molecule has 0 bridgehead atoms. The van der Waals surface area contributed by atoms with Crippen molar-refractivity contribution in [2.75, 3.05) is 31.6 Å². The maximum atomic E-state index is 15.6. The molecule has 0 unspecified atom stereocenters. The van der Waals surface area contributed by atoms with Crippen LogP contribution >= 0.6 is 0 Å². The van der Waals surface area contributed by atoms with Gasteiger partial charge in [-0.25, -0.2) is 9.37 Å². The van der Waals surface area contributed by atoms with E-state index >= 15 is 4.39 Å². The average molecular weight is 701 g/mol.